The fourth-order valence-corrected chi connectivity index (χ4v) is 2.99. The molecule has 0 fully saturated rings. The van der Waals surface area contributed by atoms with Gasteiger partial charge in [-0.2, -0.15) is 23.4 Å². The number of nitrogens with zero attached hydrogens (tertiary/aromatic N) is 4. The van der Waals surface area contributed by atoms with E-state index in [0.717, 1.165) is 17.8 Å². The molecule has 0 saturated carbocycles. The van der Waals surface area contributed by atoms with Crippen molar-refractivity contribution in [1.82, 2.24) is 20.2 Å². The molecule has 2 heterocycles. The number of hydrogen-bond donors (Lipinski definition) is 2. The summed E-state index contributed by atoms with van der Waals surface area (Å²) in [5.41, 5.74) is 2.11. The van der Waals surface area contributed by atoms with Crippen molar-refractivity contribution in [2.45, 2.75) is 32.9 Å². The van der Waals surface area contributed by atoms with Crippen molar-refractivity contribution in [3.05, 3.63) is 59.5 Å². The average Bonchev–Trinajstić information content (AvgIpc) is 2.71. The number of aromatic nitrogens is 4. The predicted octanol–water partition coefficient (Wildman–Crippen LogP) is 4.66. The molecule has 0 aliphatic rings. The molecule has 3 rings (SSSR count). The first kappa shape index (κ1) is 22.1. The van der Waals surface area contributed by atoms with Crippen LogP contribution in [0.1, 0.15) is 30.3 Å². The van der Waals surface area contributed by atoms with Crippen LogP contribution in [0.15, 0.2) is 42.6 Å². The molecule has 1 atom stereocenters. The number of alkyl halides is 3. The highest BCUT2D eigenvalue weighted by Gasteiger charge is 2.32. The molecule has 0 bridgehead atoms. The maximum Gasteiger partial charge on any atom is 0.433 e. The van der Waals surface area contributed by atoms with Crippen LogP contribution < -0.4 is 5.32 Å². The number of aryl methyl sites for hydroxylation is 1. The van der Waals surface area contributed by atoms with Crippen molar-refractivity contribution in [3.63, 3.8) is 0 Å². The highest BCUT2D eigenvalue weighted by atomic mass is 19.4. The van der Waals surface area contributed by atoms with E-state index in [4.69, 9.17) is 0 Å². The van der Waals surface area contributed by atoms with Gasteiger partial charge < -0.3 is 10.4 Å². The fourth-order valence-electron chi connectivity index (χ4n) is 2.99. The third kappa shape index (κ3) is 5.74. The highest BCUT2D eigenvalue weighted by Crippen LogP contribution is 2.29. The Hall–Kier alpha value is -3.56. The van der Waals surface area contributed by atoms with Gasteiger partial charge in [0.2, 0.25) is 5.95 Å². The van der Waals surface area contributed by atoms with Gasteiger partial charge in [0, 0.05) is 23.9 Å². The largest absolute Gasteiger partial charge is 0.481 e. The van der Waals surface area contributed by atoms with Gasteiger partial charge in [0.1, 0.15) is 5.69 Å². The Morgan fingerprint density at radius 3 is 2.55 bits per heavy atom. The second-order valence-corrected chi connectivity index (χ2v) is 7.03. The van der Waals surface area contributed by atoms with Gasteiger partial charge in [0.25, 0.3) is 0 Å². The van der Waals surface area contributed by atoms with E-state index in [-0.39, 0.29) is 12.4 Å². The number of rotatable bonds is 7. The quantitative estimate of drug-likeness (QED) is 0.561. The summed E-state index contributed by atoms with van der Waals surface area (Å²) >= 11 is 0. The van der Waals surface area contributed by atoms with E-state index in [2.05, 4.69) is 25.5 Å². The lowest BCUT2D eigenvalue weighted by molar-refractivity contribution is -0.142. The van der Waals surface area contributed by atoms with E-state index < -0.39 is 23.8 Å². The van der Waals surface area contributed by atoms with Gasteiger partial charge >= 0.3 is 12.1 Å². The zero-order chi connectivity index (χ0) is 22.6. The summed E-state index contributed by atoms with van der Waals surface area (Å²) in [7, 11) is 0. The van der Waals surface area contributed by atoms with Crippen LogP contribution in [0.4, 0.5) is 24.8 Å². The number of halogens is 3. The lowest BCUT2D eigenvalue weighted by Gasteiger charge is -2.11. The van der Waals surface area contributed by atoms with Gasteiger partial charge in [-0.3, -0.25) is 4.79 Å². The Morgan fingerprint density at radius 1 is 1.16 bits per heavy atom. The monoisotopic (exact) mass is 431 g/mol. The molecule has 0 aliphatic carbocycles. The number of aliphatic carboxylic acids is 1. The molecule has 1 unspecified atom stereocenters. The molecule has 1 aromatic carbocycles. The van der Waals surface area contributed by atoms with E-state index in [0.29, 0.717) is 29.1 Å². The van der Waals surface area contributed by atoms with E-state index in [1.54, 1.807) is 31.2 Å². The van der Waals surface area contributed by atoms with Gasteiger partial charge in [0.15, 0.2) is 0 Å². The number of nitrogens with one attached hydrogen (secondary N) is 1. The van der Waals surface area contributed by atoms with E-state index >= 15 is 0 Å². The molecule has 2 aromatic heterocycles. The summed E-state index contributed by atoms with van der Waals surface area (Å²) in [5, 5.41) is 20.3. The Balaban J connectivity index is 1.82. The van der Waals surface area contributed by atoms with Crippen LogP contribution >= 0.6 is 0 Å². The molecule has 7 nitrogen and oxygen atoms in total. The molecule has 3 aromatic rings. The molecular formula is C21H20F3N5O2. The third-order valence-corrected chi connectivity index (χ3v) is 4.59. The first-order valence-corrected chi connectivity index (χ1v) is 9.50. The zero-order valence-corrected chi connectivity index (χ0v) is 16.8. The van der Waals surface area contributed by atoms with Crippen LogP contribution in [-0.2, 0) is 17.4 Å². The SMILES string of the molecule is CCC(Cc1ccc(-c2cc(C)cc(Nc3nccc(C(F)(F)F)n3)c2)nn1)C(=O)O. The number of benzene rings is 1. The lowest BCUT2D eigenvalue weighted by atomic mass is 10.00. The van der Waals surface area contributed by atoms with Crippen molar-refractivity contribution in [1.29, 1.82) is 0 Å². The Labute approximate surface area is 176 Å². The van der Waals surface area contributed by atoms with Crippen LogP contribution in [-0.4, -0.2) is 31.2 Å². The molecule has 0 spiro atoms. The van der Waals surface area contributed by atoms with Crippen LogP contribution in [0, 0.1) is 12.8 Å². The van der Waals surface area contributed by atoms with Crippen LogP contribution in [0.25, 0.3) is 11.3 Å². The van der Waals surface area contributed by atoms with Crippen LogP contribution in [0.3, 0.4) is 0 Å². The fraction of sp³-hybridized carbons (Fsp3) is 0.286. The standard InChI is InChI=1S/C21H20F3N5O2/c1-3-13(19(30)31)10-15-4-5-17(29-28-15)14-8-12(2)9-16(11-14)26-20-25-7-6-18(27-20)21(22,23)24/h4-9,11,13H,3,10H2,1-2H3,(H,30,31)(H,25,26,27). The number of carboxylic acid groups (broad SMARTS) is 1. The summed E-state index contributed by atoms with van der Waals surface area (Å²) in [4.78, 5) is 18.5. The third-order valence-electron chi connectivity index (χ3n) is 4.59. The van der Waals surface area contributed by atoms with Gasteiger partial charge in [-0.15, -0.1) is 0 Å². The van der Waals surface area contributed by atoms with Gasteiger partial charge in [-0.05, 0) is 55.3 Å². The minimum absolute atomic E-state index is 0.174. The zero-order valence-electron chi connectivity index (χ0n) is 16.8. The molecular weight excluding hydrogens is 411 g/mol. The smallest absolute Gasteiger partial charge is 0.433 e. The summed E-state index contributed by atoms with van der Waals surface area (Å²) in [6.07, 6.45) is -2.75. The molecule has 10 heteroatoms. The predicted molar refractivity (Wildman–Crippen MR) is 108 cm³/mol. The maximum absolute atomic E-state index is 12.9. The molecule has 0 saturated heterocycles. The summed E-state index contributed by atoms with van der Waals surface area (Å²) in [6.45, 7) is 3.64. The van der Waals surface area contributed by atoms with Crippen LogP contribution in [0.5, 0.6) is 0 Å². The number of carbonyl (C=O) groups is 1. The van der Waals surface area contributed by atoms with Crippen LogP contribution in [0.2, 0.25) is 0 Å². The molecule has 0 aliphatic heterocycles. The Morgan fingerprint density at radius 2 is 1.94 bits per heavy atom. The molecule has 0 radical (unpaired) electrons. The van der Waals surface area contributed by atoms with Crippen molar-refractivity contribution < 1.29 is 23.1 Å². The van der Waals surface area contributed by atoms with E-state index in [1.165, 1.54) is 0 Å². The van der Waals surface area contributed by atoms with E-state index in [9.17, 15) is 23.1 Å². The van der Waals surface area contributed by atoms with Gasteiger partial charge in [0.05, 0.1) is 17.3 Å². The highest BCUT2D eigenvalue weighted by molar-refractivity contribution is 5.70. The van der Waals surface area contributed by atoms with Crippen molar-refractivity contribution in [2.75, 3.05) is 5.32 Å². The first-order valence-electron chi connectivity index (χ1n) is 9.50. The summed E-state index contributed by atoms with van der Waals surface area (Å²) < 4.78 is 38.6. The number of hydrogen-bond acceptors (Lipinski definition) is 6. The average molecular weight is 431 g/mol. The van der Waals surface area contributed by atoms with E-state index in [1.807, 2.05) is 13.0 Å². The second-order valence-electron chi connectivity index (χ2n) is 7.03. The number of anilines is 2. The lowest BCUT2D eigenvalue weighted by Crippen LogP contribution is -2.16. The molecule has 0 amide bonds. The minimum atomic E-state index is -4.56. The summed E-state index contributed by atoms with van der Waals surface area (Å²) in [6, 6.07) is 9.56. The summed E-state index contributed by atoms with van der Waals surface area (Å²) in [5.74, 6) is -1.57. The van der Waals surface area contributed by atoms with Crippen molar-refractivity contribution in [2.24, 2.45) is 5.92 Å². The first-order chi connectivity index (χ1) is 14.7. The van der Waals surface area contributed by atoms with Crippen molar-refractivity contribution in [3.8, 4) is 11.3 Å². The normalized spacial score (nSPS) is 12.4. The molecule has 2 N–H and O–H groups in total. The molecule has 162 valence electrons. The van der Waals surface area contributed by atoms with Gasteiger partial charge in [-0.1, -0.05) is 6.92 Å². The topological polar surface area (TPSA) is 101 Å². The molecule has 31 heavy (non-hydrogen) atoms. The second kappa shape index (κ2) is 9.07. The Bertz CT molecular complexity index is 1070. The minimum Gasteiger partial charge on any atom is -0.481 e. The maximum atomic E-state index is 12.9. The van der Waals surface area contributed by atoms with Crippen molar-refractivity contribution >= 4 is 17.6 Å². The van der Waals surface area contributed by atoms with Gasteiger partial charge in [-0.25, -0.2) is 9.97 Å². The number of carboxylic acids is 1. The Kier molecular flexibility index (Phi) is 6.47.